The lowest BCUT2D eigenvalue weighted by atomic mass is 10.1. The zero-order chi connectivity index (χ0) is 41.2. The molecule has 0 rings (SSSR count). The molecule has 0 aromatic carbocycles. The molecule has 0 saturated heterocycles. The summed E-state index contributed by atoms with van der Waals surface area (Å²) < 4.78 is 32.6. The van der Waals surface area contributed by atoms with E-state index in [0.29, 0.717) is 32.1 Å². The summed E-state index contributed by atoms with van der Waals surface area (Å²) >= 11 is 0. The number of ether oxygens (including phenoxy) is 2. The van der Waals surface area contributed by atoms with E-state index in [-0.39, 0.29) is 38.7 Å². The lowest BCUT2D eigenvalue weighted by Gasteiger charge is -2.19. The number of carbonyl (C=O) groups is 2. The molecule has 0 heterocycles. The monoisotopic (exact) mass is 801 g/mol. The number of rotatable bonds is 36. The van der Waals surface area contributed by atoms with E-state index in [1.165, 1.54) is 0 Å². The predicted octanol–water partition coefficient (Wildman–Crippen LogP) is 10.6. The van der Waals surface area contributed by atoms with E-state index in [4.69, 9.17) is 24.3 Å². The van der Waals surface area contributed by atoms with Crippen LogP contribution in [0.15, 0.2) is 109 Å². The number of nitrogens with two attached hydrogens (primary N) is 1. The number of aliphatic hydroxyl groups is 1. The number of phosphoric acid groups is 1. The molecule has 0 radical (unpaired) electrons. The maximum absolute atomic E-state index is 12.5. The molecule has 4 N–H and O–H groups in total. The molecule has 0 bridgehead atoms. The number of unbranched alkanes of at least 4 members (excludes halogenated alkanes) is 2. The molecule has 316 valence electrons. The lowest BCUT2D eigenvalue weighted by molar-refractivity contribution is -0.161. The molecule has 11 heteroatoms. The van der Waals surface area contributed by atoms with Gasteiger partial charge in [-0.15, -0.1) is 0 Å². The van der Waals surface area contributed by atoms with Crippen molar-refractivity contribution in [3.8, 4) is 0 Å². The third kappa shape index (κ3) is 38.9. The summed E-state index contributed by atoms with van der Waals surface area (Å²) in [6, 6.07) is 0. The fraction of sp³-hybridized carbons (Fsp3) is 0.556. The Kier molecular flexibility index (Phi) is 37.5. The Morgan fingerprint density at radius 2 is 1.07 bits per heavy atom. The third-order valence-corrected chi connectivity index (χ3v) is 8.68. The van der Waals surface area contributed by atoms with Gasteiger partial charge in [0.05, 0.1) is 19.3 Å². The van der Waals surface area contributed by atoms with Crippen LogP contribution in [0.5, 0.6) is 0 Å². The van der Waals surface area contributed by atoms with Gasteiger partial charge in [-0.25, -0.2) is 4.57 Å². The maximum Gasteiger partial charge on any atom is 0.472 e. The SMILES string of the molecule is CC/C=C\C/C=C\C/C=C\C/C=C\C/C=C\CCCC(=O)O[C@H](COC(=O)CCC/C=C\C/C=C\C/C=C\C/C=C\CC(O)CCC)COP(=O)(O)OCCN. The molecule has 0 amide bonds. The van der Waals surface area contributed by atoms with Gasteiger partial charge in [0, 0.05) is 19.4 Å². The molecule has 56 heavy (non-hydrogen) atoms. The molecule has 0 aliphatic carbocycles. The number of aliphatic hydroxyl groups excluding tert-OH is 1. The second-order valence-corrected chi connectivity index (χ2v) is 14.4. The average Bonchev–Trinajstić information content (AvgIpc) is 3.17. The molecule has 0 aliphatic heterocycles. The standard InChI is InChI=1S/C45H72NO9P/c1-3-5-6-7-8-9-10-11-12-13-14-17-21-24-27-30-33-37-45(49)55-43(41-54-56(50,51)53-39-38-46)40-52-44(48)36-32-29-26-23-20-18-15-16-19-22-25-28-31-35-42(47)34-4-2/h5-6,8-9,11-12,14-15,17-19,22-24,26-28,31,42-43,47H,3-4,7,10,13,16,20-21,25,29-30,32-41,46H2,1-2H3,(H,50,51)/b6-5-,9-8-,12-11-,17-14-,18-15-,22-19-,26-23-,27-24-,31-28-/t42?,43-/m1/s1. The Hall–Kier alpha value is -3.37. The zero-order valence-corrected chi connectivity index (χ0v) is 35.1. The van der Waals surface area contributed by atoms with Crippen LogP contribution in [0.3, 0.4) is 0 Å². The second kappa shape index (κ2) is 39.8. The van der Waals surface area contributed by atoms with Gasteiger partial charge in [-0.1, -0.05) is 130 Å². The Balaban J connectivity index is 4.43. The van der Waals surface area contributed by atoms with Gasteiger partial charge in [-0.2, -0.15) is 0 Å². The normalized spacial score (nSPS) is 15.0. The highest BCUT2D eigenvalue weighted by Crippen LogP contribution is 2.43. The molecule has 3 atom stereocenters. The first-order valence-electron chi connectivity index (χ1n) is 20.4. The lowest BCUT2D eigenvalue weighted by Crippen LogP contribution is -2.29. The molecule has 0 fully saturated rings. The molecular weight excluding hydrogens is 729 g/mol. The Bertz CT molecular complexity index is 1300. The molecule has 10 nitrogen and oxygen atoms in total. The highest BCUT2D eigenvalue weighted by molar-refractivity contribution is 7.47. The molecule has 0 aromatic heterocycles. The number of phosphoric ester groups is 1. The number of hydrogen-bond donors (Lipinski definition) is 3. The maximum atomic E-state index is 12.5. The Labute approximate surface area is 338 Å². The van der Waals surface area contributed by atoms with Crippen LogP contribution in [-0.4, -0.2) is 60.5 Å². The van der Waals surface area contributed by atoms with E-state index < -0.39 is 32.5 Å². The summed E-state index contributed by atoms with van der Waals surface area (Å²) in [6.07, 6.45) is 49.1. The summed E-state index contributed by atoms with van der Waals surface area (Å²) in [5.74, 6) is -0.997. The van der Waals surface area contributed by atoms with Crippen molar-refractivity contribution in [2.75, 3.05) is 26.4 Å². The van der Waals surface area contributed by atoms with Crippen LogP contribution in [-0.2, 0) is 32.7 Å². The van der Waals surface area contributed by atoms with Crippen molar-refractivity contribution in [3.63, 3.8) is 0 Å². The van der Waals surface area contributed by atoms with Crippen molar-refractivity contribution in [1.82, 2.24) is 0 Å². The second-order valence-electron chi connectivity index (χ2n) is 12.9. The fourth-order valence-electron chi connectivity index (χ4n) is 4.73. The van der Waals surface area contributed by atoms with Crippen molar-refractivity contribution in [2.24, 2.45) is 5.73 Å². The zero-order valence-electron chi connectivity index (χ0n) is 34.2. The van der Waals surface area contributed by atoms with Gasteiger partial charge in [-0.3, -0.25) is 18.6 Å². The van der Waals surface area contributed by atoms with Gasteiger partial charge in [-0.05, 0) is 89.9 Å². The molecule has 0 aliphatic rings. The molecular formula is C45H72NO9P. The van der Waals surface area contributed by atoms with E-state index >= 15 is 0 Å². The van der Waals surface area contributed by atoms with Gasteiger partial charge in [0.25, 0.3) is 0 Å². The van der Waals surface area contributed by atoms with Crippen molar-refractivity contribution < 1.29 is 42.7 Å². The topological polar surface area (TPSA) is 155 Å². The largest absolute Gasteiger partial charge is 0.472 e. The fourth-order valence-corrected chi connectivity index (χ4v) is 5.50. The van der Waals surface area contributed by atoms with Crippen molar-refractivity contribution in [2.45, 2.75) is 135 Å². The number of allylic oxidation sites excluding steroid dienone is 17. The quantitative estimate of drug-likeness (QED) is 0.0241. The first-order valence-corrected chi connectivity index (χ1v) is 21.9. The van der Waals surface area contributed by atoms with E-state index in [1.54, 1.807) is 0 Å². The number of carbonyl (C=O) groups excluding carboxylic acids is 2. The van der Waals surface area contributed by atoms with Crippen molar-refractivity contribution in [1.29, 1.82) is 0 Å². The van der Waals surface area contributed by atoms with E-state index in [2.05, 4.69) is 92.8 Å². The first-order chi connectivity index (χ1) is 27.2. The first kappa shape index (κ1) is 52.6. The van der Waals surface area contributed by atoms with Crippen LogP contribution in [0.1, 0.15) is 123 Å². The minimum atomic E-state index is -4.42. The van der Waals surface area contributed by atoms with E-state index in [9.17, 15) is 24.2 Å². The van der Waals surface area contributed by atoms with Crippen molar-refractivity contribution >= 4 is 19.8 Å². The molecule has 0 saturated carbocycles. The van der Waals surface area contributed by atoms with Crippen LogP contribution < -0.4 is 5.73 Å². The van der Waals surface area contributed by atoms with Gasteiger partial charge in [0.2, 0.25) is 0 Å². The number of hydrogen-bond acceptors (Lipinski definition) is 9. The van der Waals surface area contributed by atoms with Crippen LogP contribution in [0.4, 0.5) is 0 Å². The Morgan fingerprint density at radius 3 is 1.54 bits per heavy atom. The van der Waals surface area contributed by atoms with Gasteiger partial charge in [0.1, 0.15) is 6.61 Å². The third-order valence-electron chi connectivity index (χ3n) is 7.70. The van der Waals surface area contributed by atoms with Crippen LogP contribution in [0, 0.1) is 0 Å². The van der Waals surface area contributed by atoms with Gasteiger partial charge in [0.15, 0.2) is 6.10 Å². The van der Waals surface area contributed by atoms with Crippen LogP contribution >= 0.6 is 7.82 Å². The smallest absolute Gasteiger partial charge is 0.462 e. The summed E-state index contributed by atoms with van der Waals surface area (Å²) in [5, 5.41) is 9.72. The highest BCUT2D eigenvalue weighted by Gasteiger charge is 2.25. The minimum absolute atomic E-state index is 0.0247. The summed E-state index contributed by atoms with van der Waals surface area (Å²) in [5.41, 5.74) is 5.33. The van der Waals surface area contributed by atoms with Crippen LogP contribution in [0.2, 0.25) is 0 Å². The van der Waals surface area contributed by atoms with Gasteiger partial charge < -0.3 is 25.2 Å². The predicted molar refractivity (Wildman–Crippen MR) is 230 cm³/mol. The minimum Gasteiger partial charge on any atom is -0.462 e. The average molecular weight is 802 g/mol. The van der Waals surface area contributed by atoms with Crippen molar-refractivity contribution in [3.05, 3.63) is 109 Å². The summed E-state index contributed by atoms with van der Waals surface area (Å²) in [7, 11) is -4.42. The molecule has 0 aromatic rings. The molecule has 2 unspecified atom stereocenters. The summed E-state index contributed by atoms with van der Waals surface area (Å²) in [4.78, 5) is 34.8. The van der Waals surface area contributed by atoms with Crippen LogP contribution in [0.25, 0.3) is 0 Å². The number of esters is 2. The van der Waals surface area contributed by atoms with E-state index in [0.717, 1.165) is 64.2 Å². The highest BCUT2D eigenvalue weighted by atomic mass is 31.2. The van der Waals surface area contributed by atoms with E-state index in [1.807, 2.05) is 30.4 Å². The molecule has 0 spiro atoms. The summed E-state index contributed by atoms with van der Waals surface area (Å²) in [6.45, 7) is 3.24. The Morgan fingerprint density at radius 1 is 0.625 bits per heavy atom. The van der Waals surface area contributed by atoms with Gasteiger partial charge >= 0.3 is 19.8 Å².